The third kappa shape index (κ3) is 4.03. The third-order valence-electron chi connectivity index (χ3n) is 3.67. The maximum absolute atomic E-state index is 12.5. The molecule has 124 valence electrons. The van der Waals surface area contributed by atoms with Crippen molar-refractivity contribution >= 4 is 29.1 Å². The van der Waals surface area contributed by atoms with Crippen molar-refractivity contribution in [1.29, 1.82) is 0 Å². The predicted molar refractivity (Wildman–Crippen MR) is 89.2 cm³/mol. The van der Waals surface area contributed by atoms with Crippen LogP contribution in [0, 0.1) is 0 Å². The number of hydrogen-bond donors (Lipinski definition) is 1. The first-order chi connectivity index (χ1) is 11.3. The van der Waals surface area contributed by atoms with Crippen LogP contribution in [0.25, 0.3) is 0 Å². The normalized spacial score (nSPS) is 18.1. The molecule has 0 spiro atoms. The van der Waals surface area contributed by atoms with E-state index in [0.717, 1.165) is 30.8 Å². The van der Waals surface area contributed by atoms with Crippen LogP contribution in [-0.4, -0.2) is 38.9 Å². The quantitative estimate of drug-likeness (QED) is 0.890. The van der Waals surface area contributed by atoms with Crippen LogP contribution in [0.5, 0.6) is 0 Å². The number of nitrogens with zero attached hydrogens (tertiary/aromatic N) is 4. The first-order valence-electron chi connectivity index (χ1n) is 7.52. The minimum atomic E-state index is -0.102. The van der Waals surface area contributed by atoms with Crippen LogP contribution < -0.4 is 5.32 Å². The predicted octanol–water partition coefficient (Wildman–Crippen LogP) is 2.83. The number of nitrogens with one attached hydrogen (secondary N) is 1. The van der Waals surface area contributed by atoms with Gasteiger partial charge in [0.2, 0.25) is 5.89 Å². The maximum Gasteiger partial charge on any atom is 0.318 e. The molecule has 3 heterocycles. The monoisotopic (exact) mass is 353 g/mol. The molecule has 23 heavy (non-hydrogen) atoms. The van der Waals surface area contributed by atoms with E-state index < -0.39 is 0 Å². The number of thioether (sulfide) groups is 1. The molecule has 1 aliphatic heterocycles. The van der Waals surface area contributed by atoms with Crippen molar-refractivity contribution in [1.82, 2.24) is 25.3 Å². The summed E-state index contributed by atoms with van der Waals surface area (Å²) in [5, 5.41) is 9.70. The van der Waals surface area contributed by atoms with Crippen LogP contribution >= 0.6 is 23.1 Å². The number of carbonyl (C=O) groups is 1. The molecule has 1 saturated heterocycles. The summed E-state index contributed by atoms with van der Waals surface area (Å²) in [7, 11) is 0. The fraction of sp³-hybridized carbons (Fsp3) is 0.571. The molecule has 1 aliphatic rings. The van der Waals surface area contributed by atoms with E-state index in [0.29, 0.717) is 17.5 Å². The maximum atomic E-state index is 12.5. The Balaban J connectivity index is 1.59. The van der Waals surface area contributed by atoms with E-state index >= 15 is 0 Å². The smallest absolute Gasteiger partial charge is 0.318 e. The van der Waals surface area contributed by atoms with Crippen molar-refractivity contribution in [3.63, 3.8) is 0 Å². The Labute approximate surface area is 142 Å². The van der Waals surface area contributed by atoms with E-state index in [-0.39, 0.29) is 18.6 Å². The van der Waals surface area contributed by atoms with Gasteiger partial charge in [-0.2, -0.15) is 16.7 Å². The zero-order valence-corrected chi connectivity index (χ0v) is 14.5. The number of hydrogen-bond acceptors (Lipinski definition) is 7. The molecule has 0 saturated carbocycles. The van der Waals surface area contributed by atoms with Crippen molar-refractivity contribution < 1.29 is 9.32 Å². The molecule has 2 amide bonds. The van der Waals surface area contributed by atoms with Crippen LogP contribution in [0.3, 0.4) is 0 Å². The molecule has 3 rings (SSSR count). The van der Waals surface area contributed by atoms with Gasteiger partial charge in [0.15, 0.2) is 5.82 Å². The average Bonchev–Trinajstić information content (AvgIpc) is 3.25. The Kier molecular flexibility index (Phi) is 5.50. The first-order valence-corrected chi connectivity index (χ1v) is 9.79. The van der Waals surface area contributed by atoms with Crippen molar-refractivity contribution in [3.8, 4) is 0 Å². The van der Waals surface area contributed by atoms with E-state index in [1.165, 1.54) is 0 Å². The Hall–Kier alpha value is -1.61. The van der Waals surface area contributed by atoms with Crippen molar-refractivity contribution in [3.05, 3.63) is 28.3 Å². The SMILES string of the molecule is CSCc1noc(CNC(=O)N2CCCCC2c2nccs2)n1. The molecule has 1 fully saturated rings. The summed E-state index contributed by atoms with van der Waals surface area (Å²) < 4.78 is 5.14. The largest absolute Gasteiger partial charge is 0.337 e. The molecular formula is C14H19N5O2S2. The Bertz CT molecular complexity index is 631. The lowest BCUT2D eigenvalue weighted by molar-refractivity contribution is 0.150. The molecule has 2 aromatic heterocycles. The van der Waals surface area contributed by atoms with Crippen LogP contribution in [-0.2, 0) is 12.3 Å². The summed E-state index contributed by atoms with van der Waals surface area (Å²) in [4.78, 5) is 23.0. The third-order valence-corrected chi connectivity index (χ3v) is 5.10. The second-order valence-corrected chi connectivity index (χ2v) is 7.06. The van der Waals surface area contributed by atoms with Gasteiger partial charge in [0, 0.05) is 18.1 Å². The van der Waals surface area contributed by atoms with E-state index in [2.05, 4.69) is 20.4 Å². The fourth-order valence-corrected chi connectivity index (χ4v) is 3.79. The van der Waals surface area contributed by atoms with Gasteiger partial charge in [0.05, 0.1) is 18.3 Å². The number of carbonyl (C=O) groups excluding carboxylic acids is 1. The molecule has 1 atom stereocenters. The van der Waals surface area contributed by atoms with Gasteiger partial charge in [-0.3, -0.25) is 0 Å². The highest BCUT2D eigenvalue weighted by Crippen LogP contribution is 2.31. The van der Waals surface area contributed by atoms with Crippen LogP contribution in [0.4, 0.5) is 4.79 Å². The molecule has 2 aromatic rings. The molecule has 0 bridgehead atoms. The average molecular weight is 353 g/mol. The lowest BCUT2D eigenvalue weighted by Crippen LogP contribution is -2.44. The lowest BCUT2D eigenvalue weighted by Gasteiger charge is -2.34. The Morgan fingerprint density at radius 3 is 3.26 bits per heavy atom. The molecule has 0 radical (unpaired) electrons. The summed E-state index contributed by atoms with van der Waals surface area (Å²) in [6.07, 6.45) is 6.87. The number of thiazole rings is 1. The zero-order chi connectivity index (χ0) is 16.1. The highest BCUT2D eigenvalue weighted by atomic mass is 32.2. The standard InChI is InChI=1S/C14H19N5O2S2/c1-22-9-11-17-12(21-18-11)8-16-14(20)19-6-3-2-4-10(19)13-15-5-7-23-13/h5,7,10H,2-4,6,8-9H2,1H3,(H,16,20). The molecule has 7 nitrogen and oxygen atoms in total. The van der Waals surface area contributed by atoms with Crippen LogP contribution in [0.1, 0.15) is 42.0 Å². The van der Waals surface area contributed by atoms with Crippen molar-refractivity contribution in [2.45, 2.75) is 37.6 Å². The highest BCUT2D eigenvalue weighted by molar-refractivity contribution is 7.97. The Morgan fingerprint density at radius 2 is 2.48 bits per heavy atom. The number of rotatable bonds is 5. The van der Waals surface area contributed by atoms with Gasteiger partial charge in [0.1, 0.15) is 5.01 Å². The van der Waals surface area contributed by atoms with Gasteiger partial charge < -0.3 is 14.7 Å². The minimum Gasteiger partial charge on any atom is -0.337 e. The molecule has 0 aliphatic carbocycles. The van der Waals surface area contributed by atoms with Gasteiger partial charge in [0.25, 0.3) is 0 Å². The van der Waals surface area contributed by atoms with E-state index in [1.54, 1.807) is 29.3 Å². The second-order valence-electron chi connectivity index (χ2n) is 5.27. The molecular weight excluding hydrogens is 334 g/mol. The number of amides is 2. The summed E-state index contributed by atoms with van der Waals surface area (Å²) in [5.74, 6) is 1.79. The summed E-state index contributed by atoms with van der Waals surface area (Å²) in [5.41, 5.74) is 0. The summed E-state index contributed by atoms with van der Waals surface area (Å²) in [6.45, 7) is 0.999. The first kappa shape index (κ1) is 16.3. The molecule has 9 heteroatoms. The topological polar surface area (TPSA) is 84.2 Å². The fourth-order valence-electron chi connectivity index (χ4n) is 2.63. The summed E-state index contributed by atoms with van der Waals surface area (Å²) in [6, 6.07) is -0.0343. The molecule has 1 unspecified atom stereocenters. The number of likely N-dealkylation sites (tertiary alicyclic amines) is 1. The number of aromatic nitrogens is 3. The van der Waals surface area contributed by atoms with Gasteiger partial charge >= 0.3 is 6.03 Å². The van der Waals surface area contributed by atoms with E-state index in [1.807, 2.05) is 16.5 Å². The van der Waals surface area contributed by atoms with Gasteiger partial charge in [-0.15, -0.1) is 11.3 Å². The lowest BCUT2D eigenvalue weighted by atomic mass is 10.0. The van der Waals surface area contributed by atoms with Gasteiger partial charge in [-0.1, -0.05) is 5.16 Å². The summed E-state index contributed by atoms with van der Waals surface area (Å²) >= 11 is 3.23. The highest BCUT2D eigenvalue weighted by Gasteiger charge is 2.29. The van der Waals surface area contributed by atoms with Crippen molar-refractivity contribution in [2.24, 2.45) is 0 Å². The van der Waals surface area contributed by atoms with Crippen LogP contribution in [0.2, 0.25) is 0 Å². The molecule has 0 aromatic carbocycles. The molecule has 1 N–H and O–H groups in total. The number of piperidine rings is 1. The van der Waals surface area contributed by atoms with E-state index in [4.69, 9.17) is 4.52 Å². The second kappa shape index (κ2) is 7.78. The van der Waals surface area contributed by atoms with E-state index in [9.17, 15) is 4.79 Å². The Morgan fingerprint density at radius 1 is 1.57 bits per heavy atom. The van der Waals surface area contributed by atoms with Crippen LogP contribution in [0.15, 0.2) is 16.1 Å². The van der Waals surface area contributed by atoms with Gasteiger partial charge in [-0.05, 0) is 25.5 Å². The minimum absolute atomic E-state index is 0.0680. The van der Waals surface area contributed by atoms with Gasteiger partial charge in [-0.25, -0.2) is 9.78 Å². The zero-order valence-electron chi connectivity index (χ0n) is 12.9. The van der Waals surface area contributed by atoms with Crippen molar-refractivity contribution in [2.75, 3.05) is 12.8 Å². The number of urea groups is 1.